The molecule has 0 aromatic carbocycles. The van der Waals surface area contributed by atoms with Gasteiger partial charge in [-0.1, -0.05) is 13.8 Å². The molecule has 8 nitrogen and oxygen atoms in total. The van der Waals surface area contributed by atoms with Gasteiger partial charge in [0.15, 0.2) is 0 Å². The van der Waals surface area contributed by atoms with E-state index in [4.69, 9.17) is 10.5 Å². The maximum absolute atomic E-state index is 12.3. The van der Waals surface area contributed by atoms with E-state index in [0.717, 1.165) is 5.56 Å². The van der Waals surface area contributed by atoms with Gasteiger partial charge in [0.05, 0.1) is 38.0 Å². The summed E-state index contributed by atoms with van der Waals surface area (Å²) in [5.74, 6) is -0.384. The van der Waals surface area contributed by atoms with Crippen LogP contribution >= 0.6 is 0 Å². The molecule has 0 saturated carbocycles. The molecule has 1 aliphatic rings. The van der Waals surface area contributed by atoms with E-state index in [1.807, 2.05) is 31.6 Å². The van der Waals surface area contributed by atoms with Crippen LogP contribution in [0.5, 0.6) is 0 Å². The van der Waals surface area contributed by atoms with Crippen LogP contribution in [0.2, 0.25) is 0 Å². The number of nitrogens with one attached hydrogen (secondary N) is 1. The second-order valence-corrected chi connectivity index (χ2v) is 6.56. The van der Waals surface area contributed by atoms with Gasteiger partial charge in [0.1, 0.15) is 0 Å². The van der Waals surface area contributed by atoms with Gasteiger partial charge >= 0.3 is 0 Å². The van der Waals surface area contributed by atoms with Crippen molar-refractivity contribution in [3.63, 3.8) is 0 Å². The van der Waals surface area contributed by atoms with Gasteiger partial charge in [-0.3, -0.25) is 14.3 Å². The minimum absolute atomic E-state index is 0.0328. The second kappa shape index (κ2) is 8.25. The molecule has 1 saturated heterocycles. The molecule has 2 rings (SSSR count). The van der Waals surface area contributed by atoms with Crippen molar-refractivity contribution < 1.29 is 14.3 Å². The summed E-state index contributed by atoms with van der Waals surface area (Å²) in [5.41, 5.74) is 6.85. The van der Waals surface area contributed by atoms with Crippen LogP contribution in [0.1, 0.15) is 19.4 Å². The van der Waals surface area contributed by atoms with Gasteiger partial charge in [0, 0.05) is 19.3 Å². The van der Waals surface area contributed by atoms with Crippen LogP contribution in [-0.4, -0.2) is 64.9 Å². The molecule has 2 amide bonds. The van der Waals surface area contributed by atoms with Crippen molar-refractivity contribution in [2.45, 2.75) is 39.5 Å². The number of hydrogen-bond donors (Lipinski definition) is 2. The van der Waals surface area contributed by atoms with Crippen LogP contribution in [0.3, 0.4) is 0 Å². The van der Waals surface area contributed by atoms with Gasteiger partial charge in [0.25, 0.3) is 0 Å². The Hall–Kier alpha value is -1.93. The van der Waals surface area contributed by atoms with E-state index in [1.54, 1.807) is 11.1 Å². The Balaban J connectivity index is 1.80. The number of amides is 2. The van der Waals surface area contributed by atoms with E-state index in [1.165, 1.54) is 0 Å². The number of nitrogens with zero attached hydrogens (tertiary/aromatic N) is 3. The minimum Gasteiger partial charge on any atom is -0.373 e. The SMILES string of the molecule is Cc1cnn(CC2CN(C(=O)CNC(=O)[C@@H](N)C(C)C)CCO2)c1. The summed E-state index contributed by atoms with van der Waals surface area (Å²) >= 11 is 0. The Morgan fingerprint density at radius 2 is 2.25 bits per heavy atom. The van der Waals surface area contributed by atoms with Gasteiger partial charge in [-0.15, -0.1) is 0 Å². The largest absolute Gasteiger partial charge is 0.373 e. The molecule has 0 radical (unpaired) electrons. The Labute approximate surface area is 142 Å². The molecular weight excluding hydrogens is 310 g/mol. The number of hydrogen-bond acceptors (Lipinski definition) is 5. The van der Waals surface area contributed by atoms with Gasteiger partial charge in [-0.25, -0.2) is 0 Å². The zero-order valence-corrected chi connectivity index (χ0v) is 14.6. The van der Waals surface area contributed by atoms with Crippen molar-refractivity contribution in [1.29, 1.82) is 0 Å². The Bertz CT molecular complexity index is 572. The molecule has 0 aliphatic carbocycles. The lowest BCUT2D eigenvalue weighted by molar-refractivity contribution is -0.140. The zero-order valence-electron chi connectivity index (χ0n) is 14.6. The molecule has 134 valence electrons. The van der Waals surface area contributed by atoms with E-state index in [9.17, 15) is 9.59 Å². The first-order chi connectivity index (χ1) is 11.4. The lowest BCUT2D eigenvalue weighted by Crippen LogP contribution is -2.52. The number of aromatic nitrogens is 2. The van der Waals surface area contributed by atoms with E-state index in [-0.39, 0.29) is 30.4 Å². The first-order valence-electron chi connectivity index (χ1n) is 8.28. The summed E-state index contributed by atoms with van der Waals surface area (Å²) < 4.78 is 7.52. The summed E-state index contributed by atoms with van der Waals surface area (Å²) in [6.07, 6.45) is 3.63. The molecule has 2 atom stereocenters. The molecule has 1 aromatic rings. The van der Waals surface area contributed by atoms with Crippen LogP contribution in [-0.2, 0) is 20.9 Å². The van der Waals surface area contributed by atoms with E-state index in [0.29, 0.717) is 26.2 Å². The van der Waals surface area contributed by atoms with Crippen LogP contribution in [0.25, 0.3) is 0 Å². The fourth-order valence-electron chi connectivity index (χ4n) is 2.53. The van der Waals surface area contributed by atoms with Crippen molar-refractivity contribution in [2.24, 2.45) is 11.7 Å². The second-order valence-electron chi connectivity index (χ2n) is 6.56. The highest BCUT2D eigenvalue weighted by molar-refractivity contribution is 5.87. The topological polar surface area (TPSA) is 102 Å². The van der Waals surface area contributed by atoms with E-state index < -0.39 is 6.04 Å². The molecule has 1 aromatic heterocycles. The van der Waals surface area contributed by atoms with Crippen molar-refractivity contribution in [2.75, 3.05) is 26.2 Å². The Morgan fingerprint density at radius 3 is 2.88 bits per heavy atom. The third-order valence-electron chi connectivity index (χ3n) is 4.08. The minimum atomic E-state index is -0.599. The fourth-order valence-corrected chi connectivity index (χ4v) is 2.53. The summed E-state index contributed by atoms with van der Waals surface area (Å²) in [7, 11) is 0. The van der Waals surface area contributed by atoms with Gasteiger partial charge in [-0.05, 0) is 18.4 Å². The molecule has 8 heteroatoms. The summed E-state index contributed by atoms with van der Waals surface area (Å²) in [5, 5.41) is 6.85. The lowest BCUT2D eigenvalue weighted by Gasteiger charge is -2.33. The maximum Gasteiger partial charge on any atom is 0.242 e. The molecule has 2 heterocycles. The van der Waals surface area contributed by atoms with E-state index >= 15 is 0 Å². The average Bonchev–Trinajstić information content (AvgIpc) is 2.96. The van der Waals surface area contributed by atoms with E-state index in [2.05, 4.69) is 10.4 Å². The molecule has 1 unspecified atom stereocenters. The maximum atomic E-state index is 12.3. The quantitative estimate of drug-likeness (QED) is 0.730. The van der Waals surface area contributed by atoms with Gasteiger partial charge < -0.3 is 20.7 Å². The fraction of sp³-hybridized carbons (Fsp3) is 0.688. The van der Waals surface area contributed by atoms with Crippen LogP contribution in [0, 0.1) is 12.8 Å². The van der Waals surface area contributed by atoms with Crippen molar-refractivity contribution in [3.05, 3.63) is 18.0 Å². The molecule has 24 heavy (non-hydrogen) atoms. The van der Waals surface area contributed by atoms with Crippen molar-refractivity contribution in [1.82, 2.24) is 20.0 Å². The molecule has 1 fully saturated rings. The molecular formula is C16H27N5O3. The van der Waals surface area contributed by atoms with Crippen LogP contribution in [0.15, 0.2) is 12.4 Å². The smallest absolute Gasteiger partial charge is 0.242 e. The molecule has 0 spiro atoms. The van der Waals surface area contributed by atoms with Crippen molar-refractivity contribution >= 4 is 11.8 Å². The predicted octanol–water partition coefficient (Wildman–Crippen LogP) is -0.482. The highest BCUT2D eigenvalue weighted by atomic mass is 16.5. The van der Waals surface area contributed by atoms with Gasteiger partial charge in [0.2, 0.25) is 11.8 Å². The van der Waals surface area contributed by atoms with Crippen LogP contribution in [0.4, 0.5) is 0 Å². The zero-order chi connectivity index (χ0) is 17.7. The molecule has 3 N–H and O–H groups in total. The summed E-state index contributed by atoms with van der Waals surface area (Å²) in [6, 6.07) is -0.599. The first-order valence-corrected chi connectivity index (χ1v) is 8.28. The number of nitrogens with two attached hydrogens (primary N) is 1. The van der Waals surface area contributed by atoms with Crippen molar-refractivity contribution in [3.8, 4) is 0 Å². The van der Waals surface area contributed by atoms with Gasteiger partial charge in [-0.2, -0.15) is 5.10 Å². The molecule has 1 aliphatic heterocycles. The first kappa shape index (κ1) is 18.4. The normalized spacial score (nSPS) is 19.4. The standard InChI is InChI=1S/C16H27N5O3/c1-11(2)15(17)16(23)18-7-14(22)20-4-5-24-13(9-20)10-21-8-12(3)6-19-21/h6,8,11,13,15H,4-5,7,9-10,17H2,1-3H3,(H,18,23)/t13?,15-/m0/s1. The third kappa shape index (κ3) is 5.04. The summed E-state index contributed by atoms with van der Waals surface area (Å²) in [6.45, 7) is 7.78. The number of carbonyl (C=O) groups is 2. The predicted molar refractivity (Wildman–Crippen MR) is 89.1 cm³/mol. The summed E-state index contributed by atoms with van der Waals surface area (Å²) in [4.78, 5) is 25.8. The monoisotopic (exact) mass is 337 g/mol. The third-order valence-corrected chi connectivity index (χ3v) is 4.08. The molecule has 0 bridgehead atoms. The number of aryl methyl sites for hydroxylation is 1. The highest BCUT2D eigenvalue weighted by Gasteiger charge is 2.25. The van der Waals surface area contributed by atoms with Crippen LogP contribution < -0.4 is 11.1 Å². The number of rotatable bonds is 6. The highest BCUT2D eigenvalue weighted by Crippen LogP contribution is 2.08. The number of carbonyl (C=O) groups excluding carboxylic acids is 2. The Kier molecular flexibility index (Phi) is 6.33. The number of ether oxygens (including phenoxy) is 1. The number of morpholine rings is 1. The lowest BCUT2D eigenvalue weighted by atomic mass is 10.1. The average molecular weight is 337 g/mol. The Morgan fingerprint density at radius 1 is 1.50 bits per heavy atom.